The zero-order valence-electron chi connectivity index (χ0n) is 8.79. The second kappa shape index (κ2) is 5.58. The second-order valence-electron chi connectivity index (χ2n) is 4.07. The minimum absolute atomic E-state index is 0.189. The molecule has 0 aliphatic carbocycles. The number of nitrogens with one attached hydrogen (secondary N) is 1. The number of β-amino-alcohol motifs (C(OH)–C–C–N with tert-alkyl or cyclic N) is 1. The van der Waals surface area contributed by atoms with Gasteiger partial charge in [-0.15, -0.1) is 0 Å². The van der Waals surface area contributed by atoms with Gasteiger partial charge in [0.1, 0.15) is 0 Å². The molecule has 3 nitrogen and oxygen atoms in total. The third kappa shape index (κ3) is 4.07. The lowest BCUT2D eigenvalue weighted by Gasteiger charge is -2.21. The maximum atomic E-state index is 9.26. The zero-order valence-corrected chi connectivity index (χ0v) is 8.79. The van der Waals surface area contributed by atoms with Gasteiger partial charge in [0.25, 0.3) is 0 Å². The van der Waals surface area contributed by atoms with Gasteiger partial charge in [0.2, 0.25) is 0 Å². The normalized spacial score (nSPS) is 28.4. The Bertz CT molecular complexity index is 139. The van der Waals surface area contributed by atoms with Crippen LogP contribution >= 0.6 is 0 Å². The highest BCUT2D eigenvalue weighted by Gasteiger charge is 2.15. The summed E-state index contributed by atoms with van der Waals surface area (Å²) in [6, 6.07) is 0.680. The number of rotatable bonds is 3. The van der Waals surface area contributed by atoms with E-state index in [0.29, 0.717) is 6.04 Å². The lowest BCUT2D eigenvalue weighted by molar-refractivity contribution is 0.128. The molecule has 0 saturated carbocycles. The molecule has 1 aliphatic heterocycles. The van der Waals surface area contributed by atoms with Gasteiger partial charge in [0, 0.05) is 12.6 Å². The molecule has 1 rings (SSSR count). The molecule has 0 aromatic carbocycles. The topological polar surface area (TPSA) is 35.5 Å². The van der Waals surface area contributed by atoms with Crippen molar-refractivity contribution >= 4 is 0 Å². The minimum Gasteiger partial charge on any atom is -0.392 e. The van der Waals surface area contributed by atoms with Gasteiger partial charge in [-0.2, -0.15) is 0 Å². The summed E-state index contributed by atoms with van der Waals surface area (Å²) >= 11 is 0. The van der Waals surface area contributed by atoms with Crippen LogP contribution in [0.15, 0.2) is 0 Å². The highest BCUT2D eigenvalue weighted by molar-refractivity contribution is 4.74. The van der Waals surface area contributed by atoms with Crippen molar-refractivity contribution in [3.05, 3.63) is 0 Å². The molecule has 0 aromatic rings. The average Bonchev–Trinajstić information content (AvgIpc) is 2.29. The minimum atomic E-state index is -0.189. The van der Waals surface area contributed by atoms with Crippen LogP contribution in [0, 0.1) is 0 Å². The molecule has 3 heteroatoms. The Hall–Kier alpha value is -0.120. The quantitative estimate of drug-likeness (QED) is 0.671. The lowest BCUT2D eigenvalue weighted by Crippen LogP contribution is -2.33. The van der Waals surface area contributed by atoms with Gasteiger partial charge >= 0.3 is 0 Å². The summed E-state index contributed by atoms with van der Waals surface area (Å²) in [7, 11) is 2.04. The molecular weight excluding hydrogens is 164 g/mol. The Kier molecular flexibility index (Phi) is 4.70. The van der Waals surface area contributed by atoms with E-state index in [-0.39, 0.29) is 6.10 Å². The van der Waals surface area contributed by atoms with E-state index in [0.717, 1.165) is 19.6 Å². The molecule has 2 atom stereocenters. The summed E-state index contributed by atoms with van der Waals surface area (Å²) in [5.41, 5.74) is 0. The Morgan fingerprint density at radius 3 is 2.85 bits per heavy atom. The molecular formula is C10H22N2O. The first kappa shape index (κ1) is 11.0. The van der Waals surface area contributed by atoms with E-state index >= 15 is 0 Å². The number of nitrogens with zero attached hydrogens (tertiary/aromatic N) is 1. The Morgan fingerprint density at radius 2 is 2.23 bits per heavy atom. The van der Waals surface area contributed by atoms with Crippen LogP contribution in [0.2, 0.25) is 0 Å². The molecule has 0 amide bonds. The second-order valence-corrected chi connectivity index (χ2v) is 4.07. The number of likely N-dealkylation sites (tertiary alicyclic amines) is 1. The van der Waals surface area contributed by atoms with Crippen molar-refractivity contribution < 1.29 is 5.11 Å². The smallest absolute Gasteiger partial charge is 0.0639 e. The molecule has 13 heavy (non-hydrogen) atoms. The van der Waals surface area contributed by atoms with Gasteiger partial charge in [-0.1, -0.05) is 0 Å². The van der Waals surface area contributed by atoms with Gasteiger partial charge in [-0.05, 0) is 46.3 Å². The summed E-state index contributed by atoms with van der Waals surface area (Å²) in [4.78, 5) is 2.36. The summed E-state index contributed by atoms with van der Waals surface area (Å²) in [5.74, 6) is 0. The first-order valence-corrected chi connectivity index (χ1v) is 5.30. The zero-order chi connectivity index (χ0) is 9.68. The first-order chi connectivity index (χ1) is 6.22. The Balaban J connectivity index is 2.27. The molecule has 78 valence electrons. The van der Waals surface area contributed by atoms with Gasteiger partial charge in [0.05, 0.1) is 6.10 Å². The molecule has 0 radical (unpaired) electrons. The molecule has 1 aliphatic rings. The number of aliphatic hydroxyl groups is 1. The van der Waals surface area contributed by atoms with Gasteiger partial charge in [-0.25, -0.2) is 0 Å². The predicted octanol–water partition coefficient (Wildman–Crippen LogP) is 0.441. The van der Waals surface area contributed by atoms with Crippen molar-refractivity contribution in [2.75, 3.05) is 26.7 Å². The van der Waals surface area contributed by atoms with Crippen molar-refractivity contribution in [3.63, 3.8) is 0 Å². The SMILES string of the molecule is CNC1CCCN(CC(C)O)CC1. The maximum Gasteiger partial charge on any atom is 0.0639 e. The molecule has 1 saturated heterocycles. The van der Waals surface area contributed by atoms with Crippen LogP contribution in [-0.4, -0.2) is 48.8 Å². The van der Waals surface area contributed by atoms with Crippen LogP contribution in [0.3, 0.4) is 0 Å². The number of aliphatic hydroxyl groups excluding tert-OH is 1. The van der Waals surface area contributed by atoms with E-state index in [1.807, 2.05) is 14.0 Å². The van der Waals surface area contributed by atoms with Crippen molar-refractivity contribution in [1.29, 1.82) is 0 Å². The molecule has 2 unspecified atom stereocenters. The summed E-state index contributed by atoms with van der Waals surface area (Å²) in [5, 5.41) is 12.6. The maximum absolute atomic E-state index is 9.26. The van der Waals surface area contributed by atoms with Crippen LogP contribution in [0.5, 0.6) is 0 Å². The van der Waals surface area contributed by atoms with Crippen LogP contribution in [0.25, 0.3) is 0 Å². The fraction of sp³-hybridized carbons (Fsp3) is 1.00. The average molecular weight is 186 g/mol. The highest BCUT2D eigenvalue weighted by Crippen LogP contribution is 2.10. The largest absolute Gasteiger partial charge is 0.392 e. The fourth-order valence-electron chi connectivity index (χ4n) is 2.00. The van der Waals surface area contributed by atoms with E-state index < -0.39 is 0 Å². The summed E-state index contributed by atoms with van der Waals surface area (Å²) < 4.78 is 0. The molecule has 1 fully saturated rings. The van der Waals surface area contributed by atoms with Crippen molar-refractivity contribution in [3.8, 4) is 0 Å². The van der Waals surface area contributed by atoms with Crippen molar-refractivity contribution in [2.24, 2.45) is 0 Å². The van der Waals surface area contributed by atoms with E-state index in [1.165, 1.54) is 19.3 Å². The van der Waals surface area contributed by atoms with E-state index in [4.69, 9.17) is 0 Å². The first-order valence-electron chi connectivity index (χ1n) is 5.30. The molecule has 0 aromatic heterocycles. The van der Waals surface area contributed by atoms with Crippen LogP contribution in [-0.2, 0) is 0 Å². The van der Waals surface area contributed by atoms with Gasteiger partial charge < -0.3 is 15.3 Å². The fourth-order valence-corrected chi connectivity index (χ4v) is 2.00. The number of hydrogen-bond donors (Lipinski definition) is 2. The van der Waals surface area contributed by atoms with Crippen LogP contribution < -0.4 is 5.32 Å². The standard InChI is InChI=1S/C10H22N2O/c1-9(13)8-12-6-3-4-10(11-2)5-7-12/h9-11,13H,3-8H2,1-2H3. The lowest BCUT2D eigenvalue weighted by atomic mass is 10.1. The Labute approximate surface area is 81.1 Å². The van der Waals surface area contributed by atoms with Gasteiger partial charge in [0.15, 0.2) is 0 Å². The monoisotopic (exact) mass is 186 g/mol. The summed E-state index contributed by atoms with van der Waals surface area (Å²) in [6.07, 6.45) is 3.54. The number of hydrogen-bond acceptors (Lipinski definition) is 3. The Morgan fingerprint density at radius 1 is 1.46 bits per heavy atom. The molecule has 0 bridgehead atoms. The van der Waals surface area contributed by atoms with Gasteiger partial charge in [-0.3, -0.25) is 0 Å². The van der Waals surface area contributed by atoms with Crippen LogP contribution in [0.4, 0.5) is 0 Å². The molecule has 1 heterocycles. The summed E-state index contributed by atoms with van der Waals surface area (Å²) in [6.45, 7) is 4.95. The highest BCUT2D eigenvalue weighted by atomic mass is 16.3. The molecule has 2 N–H and O–H groups in total. The third-order valence-electron chi connectivity index (χ3n) is 2.75. The van der Waals surface area contributed by atoms with E-state index in [9.17, 15) is 5.11 Å². The predicted molar refractivity (Wildman–Crippen MR) is 54.8 cm³/mol. The molecule has 0 spiro atoms. The van der Waals surface area contributed by atoms with Crippen molar-refractivity contribution in [2.45, 2.75) is 38.3 Å². The third-order valence-corrected chi connectivity index (χ3v) is 2.75. The van der Waals surface area contributed by atoms with E-state index in [2.05, 4.69) is 10.2 Å². The van der Waals surface area contributed by atoms with Crippen LogP contribution in [0.1, 0.15) is 26.2 Å². The van der Waals surface area contributed by atoms with Crippen molar-refractivity contribution in [1.82, 2.24) is 10.2 Å². The van der Waals surface area contributed by atoms with E-state index in [1.54, 1.807) is 0 Å².